The first-order valence-corrected chi connectivity index (χ1v) is 6.16. The zero-order valence-corrected chi connectivity index (χ0v) is 12.3. The van der Waals surface area contributed by atoms with Gasteiger partial charge in [0.05, 0.1) is 21.3 Å². The summed E-state index contributed by atoms with van der Waals surface area (Å²) in [5.41, 5.74) is 0.971. The van der Waals surface area contributed by atoms with Gasteiger partial charge in [0.2, 0.25) is 5.75 Å². The number of ether oxygens (including phenoxy) is 3. The monoisotopic (exact) mass is 269 g/mol. The third-order valence-electron chi connectivity index (χ3n) is 3.12. The van der Waals surface area contributed by atoms with Crippen LogP contribution in [0.25, 0.3) is 0 Å². The number of methoxy groups -OCH3 is 3. The van der Waals surface area contributed by atoms with Crippen LogP contribution in [-0.4, -0.2) is 52.0 Å². The van der Waals surface area contributed by atoms with E-state index in [-0.39, 0.29) is 12.6 Å². The molecule has 0 aliphatic heterocycles. The van der Waals surface area contributed by atoms with Gasteiger partial charge in [0, 0.05) is 18.2 Å². The summed E-state index contributed by atoms with van der Waals surface area (Å²) in [5, 5.41) is 9.21. The number of rotatable bonds is 7. The molecule has 5 heteroatoms. The predicted molar refractivity (Wildman–Crippen MR) is 74.2 cm³/mol. The van der Waals surface area contributed by atoms with Crippen molar-refractivity contribution in [3.63, 3.8) is 0 Å². The average Bonchev–Trinajstić information content (AvgIpc) is 2.42. The van der Waals surface area contributed by atoms with Crippen molar-refractivity contribution in [1.29, 1.82) is 0 Å². The highest BCUT2D eigenvalue weighted by Gasteiger charge is 2.23. The lowest BCUT2D eigenvalue weighted by atomic mass is 10.0. The molecule has 1 atom stereocenters. The number of nitrogens with zero attached hydrogens (tertiary/aromatic N) is 1. The lowest BCUT2D eigenvalue weighted by molar-refractivity contribution is 0.206. The van der Waals surface area contributed by atoms with Crippen molar-refractivity contribution in [3.8, 4) is 17.2 Å². The number of aliphatic hydroxyl groups excluding tert-OH is 1. The highest BCUT2D eigenvalue weighted by molar-refractivity contribution is 5.56. The Morgan fingerprint density at radius 3 is 2.11 bits per heavy atom. The highest BCUT2D eigenvalue weighted by atomic mass is 16.5. The molecule has 0 aromatic heterocycles. The maximum absolute atomic E-state index is 9.21. The van der Waals surface area contributed by atoms with Crippen molar-refractivity contribution in [2.75, 3.05) is 42.0 Å². The molecule has 0 radical (unpaired) electrons. The predicted octanol–water partition coefficient (Wildman–Crippen LogP) is 1.70. The van der Waals surface area contributed by atoms with Crippen LogP contribution in [0.3, 0.4) is 0 Å². The molecule has 0 heterocycles. The normalized spacial score (nSPS) is 12.4. The van der Waals surface area contributed by atoms with Gasteiger partial charge in [0.1, 0.15) is 0 Å². The van der Waals surface area contributed by atoms with Gasteiger partial charge in [-0.2, -0.15) is 0 Å². The lowest BCUT2D eigenvalue weighted by Gasteiger charge is -2.27. The summed E-state index contributed by atoms with van der Waals surface area (Å²) in [4.78, 5) is 2.04. The minimum Gasteiger partial charge on any atom is -0.493 e. The first kappa shape index (κ1) is 15.6. The van der Waals surface area contributed by atoms with E-state index in [1.807, 2.05) is 31.1 Å². The largest absolute Gasteiger partial charge is 0.493 e. The molecule has 0 aliphatic carbocycles. The highest BCUT2D eigenvalue weighted by Crippen LogP contribution is 2.43. The molecule has 108 valence electrons. The van der Waals surface area contributed by atoms with Gasteiger partial charge in [-0.15, -0.1) is 0 Å². The minimum absolute atomic E-state index is 0.0553. The Morgan fingerprint density at radius 2 is 1.68 bits per heavy atom. The molecule has 1 N–H and O–H groups in total. The van der Waals surface area contributed by atoms with E-state index in [2.05, 4.69) is 0 Å². The van der Waals surface area contributed by atoms with E-state index < -0.39 is 0 Å². The standard InChI is InChI=1S/C14H23NO4/c1-15(2)11(8-9-16)10-6-7-12(17-3)14(19-5)13(10)18-4/h6-7,11,16H,8-9H2,1-5H3. The van der Waals surface area contributed by atoms with Crippen molar-refractivity contribution < 1.29 is 19.3 Å². The Balaban J connectivity index is 3.33. The maximum atomic E-state index is 9.21. The molecule has 1 aromatic rings. The van der Waals surface area contributed by atoms with Crippen LogP contribution in [-0.2, 0) is 0 Å². The van der Waals surface area contributed by atoms with Crippen molar-refractivity contribution in [1.82, 2.24) is 4.90 Å². The van der Waals surface area contributed by atoms with Crippen LogP contribution >= 0.6 is 0 Å². The van der Waals surface area contributed by atoms with Crippen molar-refractivity contribution in [3.05, 3.63) is 17.7 Å². The number of aliphatic hydroxyl groups is 1. The van der Waals surface area contributed by atoms with E-state index in [9.17, 15) is 5.11 Å². The van der Waals surface area contributed by atoms with Gasteiger partial charge >= 0.3 is 0 Å². The molecule has 1 rings (SSSR count). The Bertz CT molecular complexity index is 407. The fourth-order valence-electron chi connectivity index (χ4n) is 2.20. The summed E-state index contributed by atoms with van der Waals surface area (Å²) < 4.78 is 16.1. The van der Waals surface area contributed by atoms with E-state index in [1.165, 1.54) is 0 Å². The van der Waals surface area contributed by atoms with E-state index in [0.29, 0.717) is 23.7 Å². The second-order valence-electron chi connectivity index (χ2n) is 4.42. The number of hydrogen-bond donors (Lipinski definition) is 1. The first-order chi connectivity index (χ1) is 9.10. The molecule has 0 saturated heterocycles. The Morgan fingerprint density at radius 1 is 1.05 bits per heavy atom. The van der Waals surface area contributed by atoms with Crippen LogP contribution in [0.1, 0.15) is 18.0 Å². The van der Waals surface area contributed by atoms with E-state index in [0.717, 1.165) is 5.56 Å². The van der Waals surface area contributed by atoms with Gasteiger partial charge in [0.15, 0.2) is 11.5 Å². The summed E-state index contributed by atoms with van der Waals surface area (Å²) in [6, 6.07) is 3.85. The van der Waals surface area contributed by atoms with Crippen LogP contribution in [0.15, 0.2) is 12.1 Å². The summed E-state index contributed by atoms with van der Waals surface area (Å²) >= 11 is 0. The Kier molecular flexibility index (Phi) is 5.92. The molecule has 0 bridgehead atoms. The van der Waals surface area contributed by atoms with Gasteiger partial charge < -0.3 is 24.2 Å². The number of benzene rings is 1. The summed E-state index contributed by atoms with van der Waals surface area (Å²) in [6.45, 7) is 0.111. The van der Waals surface area contributed by atoms with Crippen molar-refractivity contribution >= 4 is 0 Å². The molecule has 0 spiro atoms. The van der Waals surface area contributed by atoms with E-state index in [4.69, 9.17) is 14.2 Å². The lowest BCUT2D eigenvalue weighted by Crippen LogP contribution is -2.21. The van der Waals surface area contributed by atoms with E-state index >= 15 is 0 Å². The van der Waals surface area contributed by atoms with Crippen LogP contribution in [0.2, 0.25) is 0 Å². The average molecular weight is 269 g/mol. The summed E-state index contributed by atoms with van der Waals surface area (Å²) in [7, 11) is 8.72. The molecular formula is C14H23NO4. The molecule has 1 aromatic carbocycles. The van der Waals surface area contributed by atoms with Crippen molar-refractivity contribution in [2.45, 2.75) is 12.5 Å². The molecule has 0 saturated carbocycles. The van der Waals surface area contributed by atoms with Gasteiger partial charge in [0.25, 0.3) is 0 Å². The zero-order valence-electron chi connectivity index (χ0n) is 12.3. The molecule has 0 fully saturated rings. The van der Waals surface area contributed by atoms with Gasteiger partial charge in [-0.05, 0) is 32.6 Å². The quantitative estimate of drug-likeness (QED) is 0.816. The fraction of sp³-hybridized carbons (Fsp3) is 0.571. The van der Waals surface area contributed by atoms with Gasteiger partial charge in [-0.1, -0.05) is 0 Å². The van der Waals surface area contributed by atoms with Crippen LogP contribution in [0.4, 0.5) is 0 Å². The van der Waals surface area contributed by atoms with Gasteiger partial charge in [-0.3, -0.25) is 0 Å². The fourth-order valence-corrected chi connectivity index (χ4v) is 2.20. The Labute approximate surface area is 114 Å². The topological polar surface area (TPSA) is 51.2 Å². The molecule has 19 heavy (non-hydrogen) atoms. The molecule has 5 nitrogen and oxygen atoms in total. The first-order valence-electron chi connectivity index (χ1n) is 6.16. The second-order valence-corrected chi connectivity index (χ2v) is 4.42. The minimum atomic E-state index is 0.0553. The zero-order chi connectivity index (χ0) is 14.4. The third-order valence-corrected chi connectivity index (χ3v) is 3.12. The molecular weight excluding hydrogens is 246 g/mol. The summed E-state index contributed by atoms with van der Waals surface area (Å²) in [6.07, 6.45) is 0.624. The number of hydrogen-bond acceptors (Lipinski definition) is 5. The van der Waals surface area contributed by atoms with Crippen LogP contribution < -0.4 is 14.2 Å². The molecule has 1 unspecified atom stereocenters. The smallest absolute Gasteiger partial charge is 0.203 e. The summed E-state index contributed by atoms with van der Waals surface area (Å²) in [5.74, 6) is 1.85. The van der Waals surface area contributed by atoms with Crippen LogP contribution in [0, 0.1) is 0 Å². The maximum Gasteiger partial charge on any atom is 0.203 e. The van der Waals surface area contributed by atoms with Gasteiger partial charge in [-0.25, -0.2) is 0 Å². The third kappa shape index (κ3) is 3.30. The second kappa shape index (κ2) is 7.21. The van der Waals surface area contributed by atoms with Crippen LogP contribution in [0.5, 0.6) is 17.2 Å². The molecule has 0 aliphatic rings. The Hall–Kier alpha value is -1.46. The van der Waals surface area contributed by atoms with Crippen molar-refractivity contribution in [2.24, 2.45) is 0 Å². The molecule has 0 amide bonds. The van der Waals surface area contributed by atoms with E-state index in [1.54, 1.807) is 21.3 Å². The SMILES string of the molecule is COc1ccc(C(CCO)N(C)C)c(OC)c1OC.